The highest BCUT2D eigenvalue weighted by molar-refractivity contribution is 9.10. The van der Waals surface area contributed by atoms with Gasteiger partial charge in [0.05, 0.1) is 15.5 Å². The van der Waals surface area contributed by atoms with Crippen molar-refractivity contribution in [3.63, 3.8) is 0 Å². The fraction of sp³-hybridized carbons (Fsp3) is 0.700. The second-order valence-electron chi connectivity index (χ2n) is 3.88. The van der Waals surface area contributed by atoms with Crippen LogP contribution >= 0.6 is 27.5 Å². The zero-order valence-corrected chi connectivity index (χ0v) is 10.5. The molecule has 0 aliphatic heterocycles. The maximum atomic E-state index is 4.13. The maximum Gasteiger partial charge on any atom is 0.0552 e. The van der Waals surface area contributed by atoms with Crippen LogP contribution in [-0.2, 0) is 6.54 Å². The molecular weight excluding hydrogens is 260 g/mol. The molecule has 1 aromatic rings. The summed E-state index contributed by atoms with van der Waals surface area (Å²) in [5, 5.41) is 3.51. The van der Waals surface area contributed by atoms with Gasteiger partial charge in [0.15, 0.2) is 0 Å². The van der Waals surface area contributed by atoms with E-state index in [4.69, 9.17) is 0 Å². The van der Waals surface area contributed by atoms with Gasteiger partial charge in [-0.25, -0.2) is 0 Å². The largest absolute Gasteiger partial charge is 0.311 e. The lowest BCUT2D eigenvalue weighted by Crippen LogP contribution is -2.20. The van der Waals surface area contributed by atoms with Crippen LogP contribution in [0.5, 0.6) is 0 Å². The Balaban J connectivity index is 1.70. The van der Waals surface area contributed by atoms with Crippen LogP contribution in [0.15, 0.2) is 10.7 Å². The second kappa shape index (κ2) is 5.24. The van der Waals surface area contributed by atoms with E-state index in [1.165, 1.54) is 37.1 Å². The monoisotopic (exact) mass is 274 g/mol. The third-order valence-corrected chi connectivity index (χ3v) is 4.53. The highest BCUT2D eigenvalue weighted by atomic mass is 79.9. The molecule has 0 saturated heterocycles. The molecule has 1 saturated carbocycles. The Labute approximate surface area is 97.4 Å². The molecule has 1 aromatic heterocycles. The molecule has 1 N–H and O–H groups in total. The van der Waals surface area contributed by atoms with Crippen molar-refractivity contribution in [1.29, 1.82) is 0 Å². The van der Waals surface area contributed by atoms with Gasteiger partial charge in [-0.3, -0.25) is 0 Å². The first kappa shape index (κ1) is 10.6. The molecule has 2 nitrogen and oxygen atoms in total. The first-order valence-corrected chi connectivity index (χ1v) is 6.72. The Kier molecular flexibility index (Phi) is 3.96. The Morgan fingerprint density at radius 1 is 1.50 bits per heavy atom. The molecule has 14 heavy (non-hydrogen) atoms. The van der Waals surface area contributed by atoms with Crippen LogP contribution in [0.4, 0.5) is 0 Å². The summed E-state index contributed by atoms with van der Waals surface area (Å²) in [6.45, 7) is 2.13. The van der Waals surface area contributed by atoms with Crippen LogP contribution in [0.2, 0.25) is 0 Å². The fourth-order valence-electron chi connectivity index (χ4n) is 1.97. The lowest BCUT2D eigenvalue weighted by molar-refractivity contribution is 0.490. The highest BCUT2D eigenvalue weighted by Crippen LogP contribution is 2.24. The molecule has 1 heterocycles. The van der Waals surface area contributed by atoms with Crippen molar-refractivity contribution >= 4 is 27.5 Å². The summed E-state index contributed by atoms with van der Waals surface area (Å²) >= 11 is 5.06. The zero-order chi connectivity index (χ0) is 9.80. The normalized spacial score (nSPS) is 17.8. The third-order valence-electron chi connectivity index (χ3n) is 2.79. The van der Waals surface area contributed by atoms with Crippen LogP contribution in [0.3, 0.4) is 0 Å². The van der Waals surface area contributed by atoms with Crippen LogP contribution in [0, 0.1) is 5.92 Å². The molecular formula is C10H15BrN2S. The first-order valence-electron chi connectivity index (χ1n) is 5.16. The van der Waals surface area contributed by atoms with Crippen molar-refractivity contribution in [2.24, 2.45) is 5.92 Å². The topological polar surface area (TPSA) is 24.9 Å². The highest BCUT2D eigenvalue weighted by Gasteiger charge is 2.14. The molecule has 1 fully saturated rings. The van der Waals surface area contributed by atoms with Crippen molar-refractivity contribution in [1.82, 2.24) is 9.69 Å². The predicted molar refractivity (Wildman–Crippen MR) is 63.5 cm³/mol. The number of nitrogens with zero attached hydrogens (tertiary/aromatic N) is 1. The van der Waals surface area contributed by atoms with Gasteiger partial charge in [-0.1, -0.05) is 12.8 Å². The van der Waals surface area contributed by atoms with Crippen molar-refractivity contribution < 1.29 is 0 Å². The lowest BCUT2D eigenvalue weighted by Gasteiger charge is -2.09. The quantitative estimate of drug-likeness (QED) is 0.912. The van der Waals surface area contributed by atoms with Gasteiger partial charge in [0.2, 0.25) is 0 Å². The van der Waals surface area contributed by atoms with Gasteiger partial charge in [0.1, 0.15) is 0 Å². The van der Waals surface area contributed by atoms with Gasteiger partial charge < -0.3 is 5.32 Å². The molecule has 0 unspecified atom stereocenters. The van der Waals surface area contributed by atoms with Gasteiger partial charge in [0, 0.05) is 6.54 Å². The van der Waals surface area contributed by atoms with E-state index in [2.05, 4.69) is 25.6 Å². The SMILES string of the molecule is Brc1cnsc1CNCC1CCCC1. The summed E-state index contributed by atoms with van der Waals surface area (Å²) in [5.41, 5.74) is 0. The van der Waals surface area contributed by atoms with E-state index in [0.29, 0.717) is 0 Å². The number of nitrogens with one attached hydrogen (secondary N) is 1. The molecule has 4 heteroatoms. The molecule has 0 spiro atoms. The zero-order valence-electron chi connectivity index (χ0n) is 8.13. The Hall–Kier alpha value is 0.0700. The number of hydrogen-bond acceptors (Lipinski definition) is 3. The number of hydrogen-bond donors (Lipinski definition) is 1. The molecule has 1 aliphatic carbocycles. The van der Waals surface area contributed by atoms with Gasteiger partial charge >= 0.3 is 0 Å². The van der Waals surface area contributed by atoms with Crippen LogP contribution in [0.1, 0.15) is 30.6 Å². The number of rotatable bonds is 4. The summed E-state index contributed by atoms with van der Waals surface area (Å²) < 4.78 is 5.27. The minimum Gasteiger partial charge on any atom is -0.311 e. The van der Waals surface area contributed by atoms with Crippen LogP contribution in [-0.4, -0.2) is 10.9 Å². The van der Waals surface area contributed by atoms with Crippen molar-refractivity contribution in [2.45, 2.75) is 32.2 Å². The van der Waals surface area contributed by atoms with Crippen molar-refractivity contribution in [3.8, 4) is 0 Å². The minimum absolute atomic E-state index is 0.918. The fourth-order valence-corrected chi connectivity index (χ4v) is 3.16. The standard InChI is InChI=1S/C10H15BrN2S/c11-9-6-13-14-10(9)7-12-5-8-3-1-2-4-8/h6,8,12H,1-5,7H2. The third kappa shape index (κ3) is 2.78. The molecule has 1 aliphatic rings. The Bertz CT molecular complexity index is 281. The summed E-state index contributed by atoms with van der Waals surface area (Å²) in [4.78, 5) is 1.31. The molecule has 0 bridgehead atoms. The Morgan fingerprint density at radius 3 is 2.93 bits per heavy atom. The molecule has 2 rings (SSSR count). The van der Waals surface area contributed by atoms with Crippen molar-refractivity contribution in [3.05, 3.63) is 15.5 Å². The van der Waals surface area contributed by atoms with E-state index in [9.17, 15) is 0 Å². The van der Waals surface area contributed by atoms with E-state index in [0.717, 1.165) is 16.9 Å². The average molecular weight is 275 g/mol. The maximum absolute atomic E-state index is 4.13. The molecule has 0 radical (unpaired) electrons. The smallest absolute Gasteiger partial charge is 0.0552 e. The van der Waals surface area contributed by atoms with Gasteiger partial charge in [-0.05, 0) is 52.8 Å². The van der Waals surface area contributed by atoms with Gasteiger partial charge in [-0.2, -0.15) is 4.37 Å². The first-order chi connectivity index (χ1) is 6.86. The molecule has 0 amide bonds. The van der Waals surface area contributed by atoms with E-state index in [1.807, 2.05) is 6.20 Å². The van der Waals surface area contributed by atoms with Crippen LogP contribution in [0.25, 0.3) is 0 Å². The van der Waals surface area contributed by atoms with E-state index >= 15 is 0 Å². The number of halogens is 1. The molecule has 0 atom stereocenters. The molecule has 0 aromatic carbocycles. The lowest BCUT2D eigenvalue weighted by atomic mass is 10.1. The van der Waals surface area contributed by atoms with Gasteiger partial charge in [0.25, 0.3) is 0 Å². The second-order valence-corrected chi connectivity index (χ2v) is 5.62. The summed E-state index contributed by atoms with van der Waals surface area (Å²) in [7, 11) is 0. The predicted octanol–water partition coefficient (Wildman–Crippen LogP) is 3.19. The summed E-state index contributed by atoms with van der Waals surface area (Å²) in [6.07, 6.45) is 7.55. The average Bonchev–Trinajstić information content (AvgIpc) is 2.78. The summed E-state index contributed by atoms with van der Waals surface area (Å²) in [5.74, 6) is 0.918. The summed E-state index contributed by atoms with van der Waals surface area (Å²) in [6, 6.07) is 0. The molecule has 78 valence electrons. The number of aromatic nitrogens is 1. The van der Waals surface area contributed by atoms with E-state index < -0.39 is 0 Å². The van der Waals surface area contributed by atoms with Crippen molar-refractivity contribution in [2.75, 3.05) is 6.54 Å². The Morgan fingerprint density at radius 2 is 2.29 bits per heavy atom. The van der Waals surface area contributed by atoms with E-state index in [1.54, 1.807) is 11.5 Å². The van der Waals surface area contributed by atoms with Gasteiger partial charge in [-0.15, -0.1) is 0 Å². The minimum atomic E-state index is 0.918. The van der Waals surface area contributed by atoms with E-state index in [-0.39, 0.29) is 0 Å². The van der Waals surface area contributed by atoms with Crippen LogP contribution < -0.4 is 5.32 Å².